The maximum atomic E-state index is 12.3. The number of allylic oxidation sites excluding steroid dienone is 2. The molecule has 0 saturated carbocycles. The van der Waals surface area contributed by atoms with Crippen molar-refractivity contribution in [2.75, 3.05) is 13.2 Å². The van der Waals surface area contributed by atoms with Gasteiger partial charge in [0, 0.05) is 17.1 Å². The van der Waals surface area contributed by atoms with Gasteiger partial charge in [-0.2, -0.15) is 0 Å². The van der Waals surface area contributed by atoms with Gasteiger partial charge in [0.2, 0.25) is 11.8 Å². The van der Waals surface area contributed by atoms with Gasteiger partial charge in [-0.25, -0.2) is 0 Å². The topological polar surface area (TPSA) is 80.8 Å². The van der Waals surface area contributed by atoms with Crippen LogP contribution in [0.1, 0.15) is 29.6 Å². The third-order valence-electron chi connectivity index (χ3n) is 4.67. The van der Waals surface area contributed by atoms with E-state index in [-0.39, 0.29) is 42.4 Å². The van der Waals surface area contributed by atoms with Crippen molar-refractivity contribution in [1.29, 1.82) is 0 Å². The highest BCUT2D eigenvalue weighted by Crippen LogP contribution is 2.34. The normalized spacial score (nSPS) is 21.7. The molecular formula is C19H18ClNO5. The fourth-order valence-electron chi connectivity index (χ4n) is 3.23. The van der Waals surface area contributed by atoms with Crippen molar-refractivity contribution in [3.8, 4) is 0 Å². The molecule has 1 heterocycles. The Kier molecular flexibility index (Phi) is 5.52. The van der Waals surface area contributed by atoms with Crippen molar-refractivity contribution < 1.29 is 23.9 Å². The molecule has 0 radical (unpaired) electrons. The molecular weight excluding hydrogens is 358 g/mol. The highest BCUT2D eigenvalue weighted by Gasteiger charge is 2.46. The summed E-state index contributed by atoms with van der Waals surface area (Å²) in [6.45, 7) is -0.407. The Morgan fingerprint density at radius 3 is 2.19 bits per heavy atom. The Balaban J connectivity index is 1.47. The van der Waals surface area contributed by atoms with E-state index in [9.17, 15) is 19.2 Å². The summed E-state index contributed by atoms with van der Waals surface area (Å²) in [5.74, 6) is -2.05. The number of likely N-dealkylation sites (tertiary alicyclic amines) is 1. The quantitative estimate of drug-likeness (QED) is 0.330. The van der Waals surface area contributed by atoms with Crippen molar-refractivity contribution in [1.82, 2.24) is 4.90 Å². The van der Waals surface area contributed by atoms with Crippen molar-refractivity contribution in [3.05, 3.63) is 47.0 Å². The summed E-state index contributed by atoms with van der Waals surface area (Å²) in [6.07, 6.45) is 4.81. The Morgan fingerprint density at radius 2 is 1.62 bits per heavy atom. The van der Waals surface area contributed by atoms with Gasteiger partial charge in [-0.15, -0.1) is 0 Å². The highest BCUT2D eigenvalue weighted by molar-refractivity contribution is 6.30. The molecule has 1 aliphatic heterocycles. The van der Waals surface area contributed by atoms with E-state index in [1.165, 1.54) is 0 Å². The first-order chi connectivity index (χ1) is 12.5. The van der Waals surface area contributed by atoms with E-state index in [1.807, 2.05) is 12.2 Å². The summed E-state index contributed by atoms with van der Waals surface area (Å²) in [5, 5.41) is 0.509. The van der Waals surface area contributed by atoms with E-state index in [4.69, 9.17) is 16.3 Å². The average molecular weight is 376 g/mol. The van der Waals surface area contributed by atoms with Gasteiger partial charge in [0.05, 0.1) is 18.3 Å². The van der Waals surface area contributed by atoms with Gasteiger partial charge >= 0.3 is 5.97 Å². The van der Waals surface area contributed by atoms with Crippen molar-refractivity contribution in [3.63, 3.8) is 0 Å². The van der Waals surface area contributed by atoms with Crippen LogP contribution < -0.4 is 0 Å². The van der Waals surface area contributed by atoms with E-state index in [0.29, 0.717) is 23.4 Å². The lowest BCUT2D eigenvalue weighted by atomic mass is 9.85. The first-order valence-corrected chi connectivity index (χ1v) is 8.80. The van der Waals surface area contributed by atoms with Crippen LogP contribution in [0.3, 0.4) is 0 Å². The second kappa shape index (κ2) is 7.83. The van der Waals surface area contributed by atoms with E-state index >= 15 is 0 Å². The number of Topliss-reactive ketones (excluding diaryl/α,β-unsaturated/α-hetero) is 1. The molecule has 0 bridgehead atoms. The number of carbonyl (C=O) groups excluding carboxylic acids is 4. The number of benzene rings is 1. The van der Waals surface area contributed by atoms with E-state index in [1.54, 1.807) is 24.3 Å². The molecule has 0 aromatic heterocycles. The van der Waals surface area contributed by atoms with Gasteiger partial charge in [-0.3, -0.25) is 24.1 Å². The first kappa shape index (κ1) is 18.3. The maximum absolute atomic E-state index is 12.3. The standard InChI is InChI=1S/C19H18ClNO5/c20-13-7-5-12(6-8-13)16(22)11-26-17(23)9-10-21-18(24)14-3-1-2-4-15(14)19(21)25/h1-2,5-8,14-15H,3-4,9-11H2/t14-,15-/m0/s1. The van der Waals surface area contributed by atoms with Crippen LogP contribution in [0.25, 0.3) is 0 Å². The summed E-state index contributed by atoms with van der Waals surface area (Å²) in [4.78, 5) is 49.5. The molecule has 0 N–H and O–H groups in total. The number of fused-ring (bicyclic) bond motifs is 1. The predicted octanol–water partition coefficient (Wildman–Crippen LogP) is 2.41. The zero-order valence-electron chi connectivity index (χ0n) is 14.0. The lowest BCUT2D eigenvalue weighted by Crippen LogP contribution is -2.33. The van der Waals surface area contributed by atoms with Crippen LogP contribution in [0.5, 0.6) is 0 Å². The molecule has 1 fully saturated rings. The number of amides is 2. The molecule has 1 aromatic rings. The van der Waals surface area contributed by atoms with Crippen LogP contribution in [0, 0.1) is 11.8 Å². The van der Waals surface area contributed by atoms with Crippen LogP contribution in [-0.2, 0) is 19.1 Å². The van der Waals surface area contributed by atoms with Gasteiger partial charge in [0.25, 0.3) is 0 Å². The zero-order chi connectivity index (χ0) is 18.7. The van der Waals surface area contributed by atoms with Crippen molar-refractivity contribution in [2.24, 2.45) is 11.8 Å². The molecule has 3 rings (SSSR count). The van der Waals surface area contributed by atoms with Gasteiger partial charge in [0.1, 0.15) is 0 Å². The molecule has 0 spiro atoms. The molecule has 1 saturated heterocycles. The summed E-state index contributed by atoms with van der Waals surface area (Å²) < 4.78 is 4.95. The van der Waals surface area contributed by atoms with Crippen LogP contribution in [0.2, 0.25) is 5.02 Å². The minimum Gasteiger partial charge on any atom is -0.457 e. The molecule has 1 aliphatic carbocycles. The van der Waals surface area contributed by atoms with Gasteiger partial charge in [-0.05, 0) is 37.1 Å². The SMILES string of the molecule is O=C(CCN1C(=O)[C@H]2CC=CC[C@@H]2C1=O)OCC(=O)c1ccc(Cl)cc1. The second-order valence-corrected chi connectivity index (χ2v) is 6.76. The summed E-state index contributed by atoms with van der Waals surface area (Å²) in [7, 11) is 0. The molecule has 2 amide bonds. The van der Waals surface area contributed by atoms with Crippen LogP contribution in [-0.4, -0.2) is 41.6 Å². The molecule has 0 unspecified atom stereocenters. The Morgan fingerprint density at radius 1 is 1.04 bits per heavy atom. The fraction of sp³-hybridized carbons (Fsp3) is 0.368. The number of halogens is 1. The Bertz CT molecular complexity index is 745. The van der Waals surface area contributed by atoms with Crippen LogP contribution in [0.4, 0.5) is 0 Å². The second-order valence-electron chi connectivity index (χ2n) is 6.32. The number of hydrogen-bond donors (Lipinski definition) is 0. The van der Waals surface area contributed by atoms with Gasteiger partial charge < -0.3 is 4.74 Å². The number of imide groups is 1. The summed E-state index contributed by atoms with van der Waals surface area (Å²) in [5.41, 5.74) is 0.392. The van der Waals surface area contributed by atoms with Gasteiger partial charge in [-0.1, -0.05) is 23.8 Å². The molecule has 6 nitrogen and oxygen atoms in total. The lowest BCUT2D eigenvalue weighted by Gasteiger charge is -2.14. The number of nitrogens with zero attached hydrogens (tertiary/aromatic N) is 1. The van der Waals surface area contributed by atoms with E-state index in [0.717, 1.165) is 4.90 Å². The zero-order valence-corrected chi connectivity index (χ0v) is 14.8. The number of ketones is 1. The van der Waals surface area contributed by atoms with E-state index in [2.05, 4.69) is 0 Å². The minimum absolute atomic E-state index is 0.0152. The van der Waals surface area contributed by atoms with Gasteiger partial charge in [0.15, 0.2) is 12.4 Å². The summed E-state index contributed by atoms with van der Waals surface area (Å²) in [6, 6.07) is 6.26. The molecule has 2 aliphatic rings. The molecule has 1 aromatic carbocycles. The summed E-state index contributed by atoms with van der Waals surface area (Å²) >= 11 is 5.76. The predicted molar refractivity (Wildman–Crippen MR) is 93.4 cm³/mol. The molecule has 7 heteroatoms. The number of ether oxygens (including phenoxy) is 1. The molecule has 136 valence electrons. The monoisotopic (exact) mass is 375 g/mol. The van der Waals surface area contributed by atoms with Crippen molar-refractivity contribution >= 4 is 35.2 Å². The highest BCUT2D eigenvalue weighted by atomic mass is 35.5. The number of carbonyl (C=O) groups is 4. The molecule has 26 heavy (non-hydrogen) atoms. The number of hydrogen-bond acceptors (Lipinski definition) is 5. The van der Waals surface area contributed by atoms with E-state index < -0.39 is 12.6 Å². The minimum atomic E-state index is -0.624. The Hall–Kier alpha value is -2.47. The van der Waals surface area contributed by atoms with Crippen LogP contribution >= 0.6 is 11.6 Å². The third-order valence-corrected chi connectivity index (χ3v) is 4.92. The lowest BCUT2D eigenvalue weighted by molar-refractivity contribution is -0.145. The van der Waals surface area contributed by atoms with Crippen molar-refractivity contribution in [2.45, 2.75) is 19.3 Å². The van der Waals surface area contributed by atoms with Crippen LogP contribution in [0.15, 0.2) is 36.4 Å². The smallest absolute Gasteiger partial charge is 0.308 e. The molecule has 2 atom stereocenters. The average Bonchev–Trinajstić information content (AvgIpc) is 2.89. The maximum Gasteiger partial charge on any atom is 0.308 e. The fourth-order valence-corrected chi connectivity index (χ4v) is 3.36. The Labute approximate surface area is 155 Å². The number of esters is 1. The largest absolute Gasteiger partial charge is 0.457 e. The third kappa shape index (κ3) is 3.85. The number of rotatable bonds is 6. The first-order valence-electron chi connectivity index (χ1n) is 8.42.